The fourth-order valence-corrected chi connectivity index (χ4v) is 7.24. The van der Waals surface area contributed by atoms with E-state index in [4.69, 9.17) is 4.42 Å². The quantitative estimate of drug-likeness (QED) is 0.211. The van der Waals surface area contributed by atoms with E-state index >= 15 is 0 Å². The van der Waals surface area contributed by atoms with Crippen LogP contribution in [0.25, 0.3) is 87.7 Å². The summed E-state index contributed by atoms with van der Waals surface area (Å²) in [6.07, 6.45) is 0. The summed E-state index contributed by atoms with van der Waals surface area (Å²) in [6, 6.07) is 52.4. The third kappa shape index (κ3) is 3.08. The van der Waals surface area contributed by atoms with Crippen molar-refractivity contribution in [3.63, 3.8) is 0 Å². The highest BCUT2D eigenvalue weighted by Crippen LogP contribution is 2.42. The van der Waals surface area contributed by atoms with E-state index in [2.05, 4.69) is 143 Å². The van der Waals surface area contributed by atoms with Crippen LogP contribution in [0, 0.1) is 0 Å². The molecular weight excluding hydrogens is 524 g/mol. The summed E-state index contributed by atoms with van der Waals surface area (Å²) in [5.41, 5.74) is 8.82. The largest absolute Gasteiger partial charge is 0.456 e. The van der Waals surface area contributed by atoms with Crippen molar-refractivity contribution in [1.82, 2.24) is 9.13 Å². The van der Waals surface area contributed by atoms with Crippen LogP contribution in [-0.2, 0) is 0 Å². The minimum atomic E-state index is 0.897. The molecule has 0 aliphatic heterocycles. The van der Waals surface area contributed by atoms with Gasteiger partial charge in [0.25, 0.3) is 0 Å². The molecule has 7 aromatic carbocycles. The van der Waals surface area contributed by atoms with Crippen LogP contribution in [0.5, 0.6) is 0 Å². The van der Waals surface area contributed by atoms with Crippen molar-refractivity contribution >= 4 is 76.3 Å². The molecule has 3 heterocycles. The molecule has 0 N–H and O–H groups in total. The Labute approximate surface area is 246 Å². The lowest BCUT2D eigenvalue weighted by Gasteiger charge is -2.10. The third-order valence-corrected chi connectivity index (χ3v) is 9.08. The normalized spacial score (nSPS) is 12.2. The Hall–Kier alpha value is -5.80. The zero-order chi connectivity index (χ0) is 28.1. The van der Waals surface area contributed by atoms with Gasteiger partial charge in [-0.15, -0.1) is 0 Å². The van der Waals surface area contributed by atoms with Crippen LogP contribution in [0.15, 0.2) is 150 Å². The molecule has 0 saturated carbocycles. The van der Waals surface area contributed by atoms with Crippen molar-refractivity contribution < 1.29 is 4.42 Å². The first-order valence-electron chi connectivity index (χ1n) is 14.7. The highest BCUT2D eigenvalue weighted by Gasteiger charge is 2.20. The van der Waals surface area contributed by atoms with Crippen molar-refractivity contribution in [2.24, 2.45) is 0 Å². The molecule has 0 fully saturated rings. The third-order valence-electron chi connectivity index (χ3n) is 9.08. The summed E-state index contributed by atoms with van der Waals surface area (Å²) in [6.45, 7) is 0. The fraction of sp³-hybridized carbons (Fsp3) is 0. The molecule has 10 rings (SSSR count). The Bertz CT molecular complexity index is 2720. The van der Waals surface area contributed by atoms with Crippen LogP contribution in [0.2, 0.25) is 0 Å². The maximum absolute atomic E-state index is 6.36. The van der Waals surface area contributed by atoms with Gasteiger partial charge in [-0.1, -0.05) is 84.9 Å². The molecule has 0 saturated heterocycles. The molecule has 0 unspecified atom stereocenters. The van der Waals surface area contributed by atoms with Gasteiger partial charge < -0.3 is 13.6 Å². The highest BCUT2D eigenvalue weighted by molar-refractivity contribution is 6.25. The second-order valence-corrected chi connectivity index (χ2v) is 11.4. The van der Waals surface area contributed by atoms with Crippen molar-refractivity contribution in [1.29, 1.82) is 0 Å². The molecule has 3 nitrogen and oxygen atoms in total. The van der Waals surface area contributed by atoms with Crippen LogP contribution < -0.4 is 0 Å². The topological polar surface area (TPSA) is 23.0 Å². The Balaban J connectivity index is 1.39. The molecule has 3 aromatic heterocycles. The number of fused-ring (bicyclic) bond motifs is 11. The number of nitrogens with zero attached hydrogens (tertiary/aromatic N) is 2. The maximum Gasteiger partial charge on any atom is 0.137 e. The number of hydrogen-bond acceptors (Lipinski definition) is 1. The van der Waals surface area contributed by atoms with Crippen molar-refractivity contribution in [3.8, 4) is 11.4 Å². The molecule has 0 bridgehead atoms. The summed E-state index contributed by atoms with van der Waals surface area (Å²) in [5, 5.41) is 9.83. The van der Waals surface area contributed by atoms with Gasteiger partial charge in [0.15, 0.2) is 0 Å². The van der Waals surface area contributed by atoms with Crippen molar-refractivity contribution in [2.45, 2.75) is 0 Å². The predicted octanol–water partition coefficient (Wildman–Crippen LogP) is 10.9. The summed E-state index contributed by atoms with van der Waals surface area (Å²) < 4.78 is 11.2. The minimum absolute atomic E-state index is 0.897. The Morgan fingerprint density at radius 1 is 0.349 bits per heavy atom. The van der Waals surface area contributed by atoms with E-state index in [1.807, 2.05) is 12.1 Å². The molecule has 3 heteroatoms. The molecule has 0 amide bonds. The van der Waals surface area contributed by atoms with E-state index in [1.54, 1.807) is 0 Å². The SMILES string of the molecule is c1ccc(-n2c3ccccc3c3cc4c5c6ccccc6ccc5n(-c5ccc6c(c5)oc5ccccc56)c4cc32)cc1. The molecule has 43 heavy (non-hydrogen) atoms. The molecule has 0 atom stereocenters. The van der Waals surface area contributed by atoms with E-state index in [1.165, 1.54) is 54.4 Å². The summed E-state index contributed by atoms with van der Waals surface area (Å²) in [4.78, 5) is 0. The zero-order valence-electron chi connectivity index (χ0n) is 23.2. The first kappa shape index (κ1) is 22.8. The summed E-state index contributed by atoms with van der Waals surface area (Å²) >= 11 is 0. The van der Waals surface area contributed by atoms with E-state index in [0.717, 1.165) is 33.3 Å². The fourth-order valence-electron chi connectivity index (χ4n) is 7.24. The number of hydrogen-bond donors (Lipinski definition) is 0. The summed E-state index contributed by atoms with van der Waals surface area (Å²) in [7, 11) is 0. The lowest BCUT2D eigenvalue weighted by molar-refractivity contribution is 0.668. The lowest BCUT2D eigenvalue weighted by atomic mass is 10.0. The van der Waals surface area contributed by atoms with Gasteiger partial charge in [0.2, 0.25) is 0 Å². The minimum Gasteiger partial charge on any atom is -0.456 e. The van der Waals surface area contributed by atoms with E-state index in [9.17, 15) is 0 Å². The van der Waals surface area contributed by atoms with Gasteiger partial charge in [-0.3, -0.25) is 0 Å². The van der Waals surface area contributed by atoms with Crippen LogP contribution in [-0.4, -0.2) is 9.13 Å². The van der Waals surface area contributed by atoms with Crippen LogP contribution in [0.3, 0.4) is 0 Å². The molecule has 200 valence electrons. The van der Waals surface area contributed by atoms with Gasteiger partial charge in [0.1, 0.15) is 11.2 Å². The average Bonchev–Trinajstić information content (AvgIpc) is 3.71. The first-order chi connectivity index (χ1) is 21.3. The van der Waals surface area contributed by atoms with Crippen LogP contribution in [0.1, 0.15) is 0 Å². The second kappa shape index (κ2) is 8.37. The standard InChI is InChI=1S/C40H24N2O/c1-2-11-26(12-3-1)41-34-16-8-6-14-29(34)32-23-33-37(24-36(32)41)42(35-21-18-25-10-4-5-13-28(25)40(33)35)27-19-20-31-30-15-7-9-17-38(30)43-39(31)22-27/h1-24H. The van der Waals surface area contributed by atoms with Crippen molar-refractivity contribution in [3.05, 3.63) is 146 Å². The number of rotatable bonds is 2. The second-order valence-electron chi connectivity index (χ2n) is 11.4. The molecule has 0 aliphatic carbocycles. The zero-order valence-corrected chi connectivity index (χ0v) is 23.2. The Morgan fingerprint density at radius 3 is 1.95 bits per heavy atom. The molecule has 10 aromatic rings. The lowest BCUT2D eigenvalue weighted by Crippen LogP contribution is -1.95. The summed E-state index contributed by atoms with van der Waals surface area (Å²) in [5.74, 6) is 0. The predicted molar refractivity (Wildman–Crippen MR) is 180 cm³/mol. The first-order valence-corrected chi connectivity index (χ1v) is 14.7. The maximum atomic E-state index is 6.36. The van der Waals surface area contributed by atoms with Gasteiger partial charge in [0, 0.05) is 49.8 Å². The van der Waals surface area contributed by atoms with Gasteiger partial charge in [-0.25, -0.2) is 0 Å². The van der Waals surface area contributed by atoms with E-state index in [0.29, 0.717) is 0 Å². The number of benzene rings is 7. The highest BCUT2D eigenvalue weighted by atomic mass is 16.3. The van der Waals surface area contributed by atoms with Crippen LogP contribution in [0.4, 0.5) is 0 Å². The molecular formula is C40H24N2O. The average molecular weight is 549 g/mol. The monoisotopic (exact) mass is 548 g/mol. The smallest absolute Gasteiger partial charge is 0.137 e. The van der Waals surface area contributed by atoms with Crippen molar-refractivity contribution in [2.75, 3.05) is 0 Å². The van der Waals surface area contributed by atoms with E-state index < -0.39 is 0 Å². The molecule has 0 aliphatic rings. The Morgan fingerprint density at radius 2 is 1.05 bits per heavy atom. The number of aromatic nitrogens is 2. The number of para-hydroxylation sites is 3. The van der Waals surface area contributed by atoms with E-state index in [-0.39, 0.29) is 0 Å². The van der Waals surface area contributed by atoms with Gasteiger partial charge in [-0.2, -0.15) is 0 Å². The van der Waals surface area contributed by atoms with Gasteiger partial charge in [0.05, 0.1) is 22.1 Å². The Kier molecular flexibility index (Phi) is 4.45. The molecule has 0 radical (unpaired) electrons. The van der Waals surface area contributed by atoms with Crippen LogP contribution >= 0.6 is 0 Å². The van der Waals surface area contributed by atoms with Gasteiger partial charge in [-0.05, 0) is 65.4 Å². The molecule has 0 spiro atoms. The number of furan rings is 1. The van der Waals surface area contributed by atoms with Gasteiger partial charge >= 0.3 is 0 Å².